The van der Waals surface area contributed by atoms with E-state index in [2.05, 4.69) is 37.7 Å². The van der Waals surface area contributed by atoms with Crippen LogP contribution in [0, 0.1) is 11.3 Å². The van der Waals surface area contributed by atoms with Crippen molar-refractivity contribution in [3.8, 4) is 5.75 Å². The molecule has 4 nitrogen and oxygen atoms in total. The first-order valence-electron chi connectivity index (χ1n) is 8.92. The second-order valence-electron chi connectivity index (χ2n) is 7.70. The third-order valence-corrected chi connectivity index (χ3v) is 4.97. The third kappa shape index (κ3) is 4.97. The van der Waals surface area contributed by atoms with Crippen molar-refractivity contribution in [2.75, 3.05) is 19.0 Å². The number of hydrogen-bond donors (Lipinski definition) is 1. The highest BCUT2D eigenvalue weighted by Crippen LogP contribution is 2.39. The van der Waals surface area contributed by atoms with Crippen LogP contribution >= 0.6 is 0 Å². The molecule has 0 bridgehead atoms. The fraction of sp³-hybridized carbons (Fsp3) is 0.650. The molecule has 0 unspecified atom stereocenters. The first-order valence-corrected chi connectivity index (χ1v) is 8.92. The van der Waals surface area contributed by atoms with Gasteiger partial charge in [-0.05, 0) is 43.1 Å². The molecule has 1 N–H and O–H groups in total. The number of nitrogens with one attached hydrogen (secondary N) is 1. The van der Waals surface area contributed by atoms with Gasteiger partial charge in [0.1, 0.15) is 5.69 Å². The molecular formula is C20H32N2O2. The van der Waals surface area contributed by atoms with Gasteiger partial charge in [0.15, 0.2) is 5.75 Å². The van der Waals surface area contributed by atoms with E-state index >= 15 is 0 Å². The van der Waals surface area contributed by atoms with E-state index in [0.29, 0.717) is 24.7 Å². The standard InChI is InChI=1S/C20H32N2O2/c1-6-13-24-14-18-19(23-5)17(11-12-21-18)22-16-9-7-15(8-10-16)20(2,3)4/h6,11-12,15-16H,1,7-10,13-14H2,2-5H3,(H,21,22)/t15-,16+. The second kappa shape index (κ2) is 8.52. The molecule has 0 amide bonds. The maximum absolute atomic E-state index is 5.59. The van der Waals surface area contributed by atoms with E-state index in [9.17, 15) is 0 Å². The maximum Gasteiger partial charge on any atom is 0.165 e. The highest BCUT2D eigenvalue weighted by Gasteiger charge is 2.30. The molecule has 0 spiro atoms. The molecule has 1 saturated carbocycles. The van der Waals surface area contributed by atoms with Crippen molar-refractivity contribution in [3.63, 3.8) is 0 Å². The summed E-state index contributed by atoms with van der Waals surface area (Å²) in [7, 11) is 1.69. The van der Waals surface area contributed by atoms with Crippen molar-refractivity contribution in [3.05, 3.63) is 30.6 Å². The minimum absolute atomic E-state index is 0.412. The summed E-state index contributed by atoms with van der Waals surface area (Å²) in [4.78, 5) is 4.40. The van der Waals surface area contributed by atoms with Crippen LogP contribution in [0.3, 0.4) is 0 Å². The zero-order chi connectivity index (χ0) is 17.6. The highest BCUT2D eigenvalue weighted by molar-refractivity contribution is 5.58. The molecule has 0 saturated heterocycles. The molecule has 1 aliphatic carbocycles. The fourth-order valence-electron chi connectivity index (χ4n) is 3.50. The number of aromatic nitrogens is 1. The number of hydrogen-bond acceptors (Lipinski definition) is 4. The second-order valence-corrected chi connectivity index (χ2v) is 7.70. The molecule has 1 aromatic heterocycles. The summed E-state index contributed by atoms with van der Waals surface area (Å²) in [5.74, 6) is 1.61. The zero-order valence-electron chi connectivity index (χ0n) is 15.6. The molecular weight excluding hydrogens is 300 g/mol. The van der Waals surface area contributed by atoms with Gasteiger partial charge in [0, 0.05) is 12.2 Å². The Balaban J connectivity index is 2.00. The predicted octanol–water partition coefficient (Wildman–Crippen LogP) is 4.81. The van der Waals surface area contributed by atoms with Crippen LogP contribution in [0.1, 0.15) is 52.1 Å². The summed E-state index contributed by atoms with van der Waals surface area (Å²) in [6.45, 7) is 11.7. The molecule has 134 valence electrons. The third-order valence-electron chi connectivity index (χ3n) is 4.97. The van der Waals surface area contributed by atoms with Crippen molar-refractivity contribution in [1.29, 1.82) is 0 Å². The van der Waals surface area contributed by atoms with E-state index in [1.165, 1.54) is 25.7 Å². The molecule has 1 aliphatic rings. The van der Waals surface area contributed by atoms with Crippen LogP contribution < -0.4 is 10.1 Å². The van der Waals surface area contributed by atoms with E-state index in [4.69, 9.17) is 9.47 Å². The fourth-order valence-corrected chi connectivity index (χ4v) is 3.50. The van der Waals surface area contributed by atoms with Gasteiger partial charge in [-0.2, -0.15) is 0 Å². The summed E-state index contributed by atoms with van der Waals surface area (Å²) < 4.78 is 11.1. The van der Waals surface area contributed by atoms with Gasteiger partial charge in [-0.3, -0.25) is 4.98 Å². The van der Waals surface area contributed by atoms with Crippen LogP contribution in [0.2, 0.25) is 0 Å². The van der Waals surface area contributed by atoms with Crippen LogP contribution in [0.4, 0.5) is 5.69 Å². The number of ether oxygens (including phenoxy) is 2. The zero-order valence-corrected chi connectivity index (χ0v) is 15.6. The van der Waals surface area contributed by atoms with Gasteiger partial charge in [0.25, 0.3) is 0 Å². The Morgan fingerprint density at radius 3 is 2.58 bits per heavy atom. The van der Waals surface area contributed by atoms with Crippen LogP contribution in [-0.2, 0) is 11.3 Å². The highest BCUT2D eigenvalue weighted by atomic mass is 16.5. The quantitative estimate of drug-likeness (QED) is 0.575. The van der Waals surface area contributed by atoms with Gasteiger partial charge < -0.3 is 14.8 Å². The van der Waals surface area contributed by atoms with E-state index in [-0.39, 0.29) is 0 Å². The summed E-state index contributed by atoms with van der Waals surface area (Å²) >= 11 is 0. The minimum atomic E-state index is 0.412. The Kier molecular flexibility index (Phi) is 6.67. The van der Waals surface area contributed by atoms with Crippen LogP contribution in [0.15, 0.2) is 24.9 Å². The molecule has 1 aromatic rings. The normalized spacial score (nSPS) is 21.3. The molecule has 24 heavy (non-hydrogen) atoms. The Labute approximate surface area is 146 Å². The number of pyridine rings is 1. The number of methoxy groups -OCH3 is 1. The predicted molar refractivity (Wildman–Crippen MR) is 99.5 cm³/mol. The Morgan fingerprint density at radius 2 is 2.00 bits per heavy atom. The average molecular weight is 332 g/mol. The van der Waals surface area contributed by atoms with Crippen molar-refractivity contribution < 1.29 is 9.47 Å². The van der Waals surface area contributed by atoms with E-state index in [1.807, 2.05) is 12.3 Å². The lowest BCUT2D eigenvalue weighted by Crippen LogP contribution is -2.31. The van der Waals surface area contributed by atoms with Crippen LogP contribution in [0.25, 0.3) is 0 Å². The van der Waals surface area contributed by atoms with Gasteiger partial charge in [-0.1, -0.05) is 26.8 Å². The Morgan fingerprint density at radius 1 is 1.29 bits per heavy atom. The topological polar surface area (TPSA) is 43.4 Å². The maximum atomic E-state index is 5.59. The van der Waals surface area contributed by atoms with E-state index < -0.39 is 0 Å². The summed E-state index contributed by atoms with van der Waals surface area (Å²) in [6, 6.07) is 2.49. The van der Waals surface area contributed by atoms with Crippen molar-refractivity contribution in [2.24, 2.45) is 11.3 Å². The molecule has 1 heterocycles. The smallest absolute Gasteiger partial charge is 0.165 e. The van der Waals surface area contributed by atoms with Gasteiger partial charge in [0.2, 0.25) is 0 Å². The molecule has 1 fully saturated rings. The van der Waals surface area contributed by atoms with Gasteiger partial charge in [-0.15, -0.1) is 6.58 Å². The summed E-state index contributed by atoms with van der Waals surface area (Å²) in [5, 5.41) is 3.66. The van der Waals surface area contributed by atoms with Gasteiger partial charge in [0.05, 0.1) is 26.0 Å². The Hall–Kier alpha value is -1.55. The molecule has 0 atom stereocenters. The number of anilines is 1. The van der Waals surface area contributed by atoms with Gasteiger partial charge >= 0.3 is 0 Å². The lowest BCUT2D eigenvalue weighted by molar-refractivity contribution is 0.143. The first kappa shape index (κ1) is 18.8. The van der Waals surface area contributed by atoms with Crippen molar-refractivity contribution >= 4 is 5.69 Å². The van der Waals surface area contributed by atoms with Gasteiger partial charge in [-0.25, -0.2) is 0 Å². The monoisotopic (exact) mass is 332 g/mol. The largest absolute Gasteiger partial charge is 0.493 e. The minimum Gasteiger partial charge on any atom is -0.493 e. The lowest BCUT2D eigenvalue weighted by atomic mass is 9.71. The van der Waals surface area contributed by atoms with Crippen molar-refractivity contribution in [2.45, 2.75) is 59.1 Å². The summed E-state index contributed by atoms with van der Waals surface area (Å²) in [5.41, 5.74) is 2.26. The molecule has 2 rings (SSSR count). The lowest BCUT2D eigenvalue weighted by Gasteiger charge is -2.37. The first-order chi connectivity index (χ1) is 11.5. The van der Waals surface area contributed by atoms with Crippen LogP contribution in [0.5, 0.6) is 5.75 Å². The SMILES string of the molecule is C=CCOCc1nccc(N[C@H]2CC[C@@H](C(C)(C)C)CC2)c1OC. The molecule has 0 aromatic carbocycles. The molecule has 0 radical (unpaired) electrons. The van der Waals surface area contributed by atoms with Crippen LogP contribution in [-0.4, -0.2) is 24.7 Å². The Bertz CT molecular complexity index is 529. The van der Waals surface area contributed by atoms with Crippen molar-refractivity contribution in [1.82, 2.24) is 4.98 Å². The van der Waals surface area contributed by atoms with E-state index in [1.54, 1.807) is 13.2 Å². The number of nitrogens with zero attached hydrogens (tertiary/aromatic N) is 1. The average Bonchev–Trinajstić information content (AvgIpc) is 2.55. The summed E-state index contributed by atoms with van der Waals surface area (Å²) in [6.07, 6.45) is 8.53. The molecule has 4 heteroatoms. The van der Waals surface area contributed by atoms with E-state index in [0.717, 1.165) is 23.0 Å². The number of rotatable bonds is 7. The molecule has 0 aliphatic heterocycles.